The van der Waals surface area contributed by atoms with Gasteiger partial charge in [0.2, 0.25) is 5.88 Å². The first-order valence-electron chi connectivity index (χ1n) is 8.85. The fourth-order valence-corrected chi connectivity index (χ4v) is 2.94. The van der Waals surface area contributed by atoms with Crippen LogP contribution in [0.25, 0.3) is 17.0 Å². The molecule has 10 heteroatoms. The van der Waals surface area contributed by atoms with Crippen molar-refractivity contribution in [3.63, 3.8) is 0 Å². The number of hydrogen-bond acceptors (Lipinski definition) is 6. The van der Waals surface area contributed by atoms with Crippen molar-refractivity contribution in [2.45, 2.75) is 13.8 Å². The second-order valence-electron chi connectivity index (χ2n) is 6.36. The lowest BCUT2D eigenvalue weighted by molar-refractivity contribution is 0.424. The van der Waals surface area contributed by atoms with Gasteiger partial charge in [-0.25, -0.2) is 18.7 Å². The molecule has 4 rings (SSSR count). The average molecular weight is 407 g/mol. The Morgan fingerprint density at radius 1 is 1.23 bits per heavy atom. The number of rotatable bonds is 5. The first kappa shape index (κ1) is 19.1. The molecule has 8 nitrogen and oxygen atoms in total. The van der Waals surface area contributed by atoms with E-state index in [9.17, 15) is 14.0 Å². The van der Waals surface area contributed by atoms with Gasteiger partial charge in [-0.15, -0.1) is 0 Å². The predicted octanol–water partition coefficient (Wildman–Crippen LogP) is 4.71. The normalized spacial score (nSPS) is 11.2. The zero-order valence-corrected chi connectivity index (χ0v) is 15.9. The van der Waals surface area contributed by atoms with E-state index in [0.717, 1.165) is 18.1 Å². The molecule has 3 heterocycles. The third kappa shape index (κ3) is 3.44. The SMILES string of the molecule is C/C=C/c1cc(Nc2ncnc(Oc3cc(F)c4[nH]c(C)cc4c3F)c2C#N)n[nH]1. The van der Waals surface area contributed by atoms with Gasteiger partial charge in [0.1, 0.15) is 12.4 Å². The molecule has 0 aliphatic heterocycles. The Morgan fingerprint density at radius 3 is 2.83 bits per heavy atom. The van der Waals surface area contributed by atoms with Gasteiger partial charge in [-0.05, 0) is 26.0 Å². The van der Waals surface area contributed by atoms with E-state index in [4.69, 9.17) is 4.74 Å². The third-order valence-electron chi connectivity index (χ3n) is 4.22. The number of hydrogen-bond donors (Lipinski definition) is 3. The molecule has 0 bridgehead atoms. The zero-order chi connectivity index (χ0) is 21.3. The molecule has 150 valence electrons. The Balaban J connectivity index is 1.70. The van der Waals surface area contributed by atoms with E-state index in [1.165, 1.54) is 6.07 Å². The number of benzene rings is 1. The van der Waals surface area contributed by atoms with Crippen molar-refractivity contribution in [1.29, 1.82) is 5.26 Å². The molecule has 0 fully saturated rings. The molecule has 0 saturated carbocycles. The molecule has 3 aromatic heterocycles. The topological polar surface area (TPSA) is 115 Å². The van der Waals surface area contributed by atoms with E-state index < -0.39 is 17.4 Å². The van der Waals surface area contributed by atoms with Crippen LogP contribution < -0.4 is 10.1 Å². The summed E-state index contributed by atoms with van der Waals surface area (Å²) in [6.07, 6.45) is 4.80. The number of nitriles is 1. The summed E-state index contributed by atoms with van der Waals surface area (Å²) < 4.78 is 34.7. The molecule has 0 aliphatic rings. The van der Waals surface area contributed by atoms with Crippen LogP contribution in [0.2, 0.25) is 0 Å². The van der Waals surface area contributed by atoms with Crippen LogP contribution in [0.3, 0.4) is 0 Å². The van der Waals surface area contributed by atoms with E-state index in [1.807, 2.05) is 25.1 Å². The number of aryl methyl sites for hydroxylation is 1. The highest BCUT2D eigenvalue weighted by Crippen LogP contribution is 2.34. The van der Waals surface area contributed by atoms with Gasteiger partial charge in [-0.2, -0.15) is 10.4 Å². The van der Waals surface area contributed by atoms with Crippen molar-refractivity contribution < 1.29 is 13.5 Å². The lowest BCUT2D eigenvalue weighted by Gasteiger charge is -2.10. The highest BCUT2D eigenvalue weighted by molar-refractivity contribution is 5.83. The Morgan fingerprint density at radius 2 is 2.07 bits per heavy atom. The fraction of sp³-hybridized carbons (Fsp3) is 0.100. The zero-order valence-electron chi connectivity index (χ0n) is 15.9. The molecule has 0 saturated heterocycles. The number of nitrogens with zero attached hydrogens (tertiary/aromatic N) is 4. The lowest BCUT2D eigenvalue weighted by atomic mass is 10.2. The number of aromatic nitrogens is 5. The van der Waals surface area contributed by atoms with Crippen molar-refractivity contribution >= 4 is 28.6 Å². The average Bonchev–Trinajstić information content (AvgIpc) is 3.33. The van der Waals surface area contributed by atoms with Crippen LogP contribution in [0, 0.1) is 29.9 Å². The molecule has 1 aromatic carbocycles. The second-order valence-corrected chi connectivity index (χ2v) is 6.36. The Labute approximate surface area is 169 Å². The van der Waals surface area contributed by atoms with Crippen LogP contribution in [0.1, 0.15) is 23.9 Å². The Hall–Kier alpha value is -4.26. The summed E-state index contributed by atoms with van der Waals surface area (Å²) in [4.78, 5) is 10.7. The molecule has 30 heavy (non-hydrogen) atoms. The smallest absolute Gasteiger partial charge is 0.242 e. The van der Waals surface area contributed by atoms with Crippen molar-refractivity contribution in [1.82, 2.24) is 25.1 Å². The first-order chi connectivity index (χ1) is 14.5. The van der Waals surface area contributed by atoms with Crippen molar-refractivity contribution in [3.05, 3.63) is 59.2 Å². The molecule has 3 N–H and O–H groups in total. The number of halogens is 2. The quantitative estimate of drug-likeness (QED) is 0.441. The van der Waals surface area contributed by atoms with Gasteiger partial charge < -0.3 is 15.0 Å². The minimum atomic E-state index is -0.768. The summed E-state index contributed by atoms with van der Waals surface area (Å²) in [5.74, 6) is -1.55. The summed E-state index contributed by atoms with van der Waals surface area (Å²) >= 11 is 0. The first-order valence-corrected chi connectivity index (χ1v) is 8.85. The van der Waals surface area contributed by atoms with Gasteiger partial charge in [0.15, 0.2) is 34.6 Å². The van der Waals surface area contributed by atoms with E-state index in [2.05, 4.69) is 30.5 Å². The minimum Gasteiger partial charge on any atom is -0.434 e. The third-order valence-corrected chi connectivity index (χ3v) is 4.22. The van der Waals surface area contributed by atoms with Crippen LogP contribution in [0.4, 0.5) is 20.4 Å². The van der Waals surface area contributed by atoms with E-state index >= 15 is 0 Å². The molecule has 0 radical (unpaired) electrons. The number of allylic oxidation sites excluding steroid dienone is 1. The van der Waals surface area contributed by atoms with Gasteiger partial charge in [-0.1, -0.05) is 6.08 Å². The van der Waals surface area contributed by atoms with E-state index in [0.29, 0.717) is 11.5 Å². The Kier molecular flexibility index (Phi) is 4.85. The molecule has 0 unspecified atom stereocenters. The van der Waals surface area contributed by atoms with Crippen LogP contribution in [-0.4, -0.2) is 25.1 Å². The van der Waals surface area contributed by atoms with E-state index in [1.54, 1.807) is 13.0 Å². The molecule has 4 aromatic rings. The number of anilines is 2. The maximum absolute atomic E-state index is 14.8. The minimum absolute atomic E-state index is 0.0402. The molecular formula is C20H15F2N7O. The maximum Gasteiger partial charge on any atom is 0.242 e. The monoisotopic (exact) mass is 407 g/mol. The molecule has 0 amide bonds. The van der Waals surface area contributed by atoms with Crippen molar-refractivity contribution in [2.75, 3.05) is 5.32 Å². The summed E-state index contributed by atoms with van der Waals surface area (Å²) in [6, 6.07) is 6.01. The summed E-state index contributed by atoms with van der Waals surface area (Å²) in [7, 11) is 0. The lowest BCUT2D eigenvalue weighted by Crippen LogP contribution is -2.02. The number of ether oxygens (including phenoxy) is 1. The summed E-state index contributed by atoms with van der Waals surface area (Å²) in [6.45, 7) is 3.55. The highest BCUT2D eigenvalue weighted by Gasteiger charge is 2.20. The van der Waals surface area contributed by atoms with E-state index in [-0.39, 0.29) is 28.2 Å². The fourth-order valence-electron chi connectivity index (χ4n) is 2.94. The summed E-state index contributed by atoms with van der Waals surface area (Å²) in [5, 5.41) is 19.4. The largest absolute Gasteiger partial charge is 0.434 e. The van der Waals surface area contributed by atoms with Crippen molar-refractivity contribution in [3.8, 4) is 17.7 Å². The van der Waals surface area contributed by atoms with Crippen molar-refractivity contribution in [2.24, 2.45) is 0 Å². The van der Waals surface area contributed by atoms with Gasteiger partial charge in [0.25, 0.3) is 0 Å². The van der Waals surface area contributed by atoms with Crippen LogP contribution in [0.15, 0.2) is 30.6 Å². The van der Waals surface area contributed by atoms with Crippen LogP contribution in [0.5, 0.6) is 11.6 Å². The maximum atomic E-state index is 14.8. The molecule has 0 atom stereocenters. The van der Waals surface area contributed by atoms with Crippen LogP contribution >= 0.6 is 0 Å². The van der Waals surface area contributed by atoms with Crippen LogP contribution in [-0.2, 0) is 0 Å². The highest BCUT2D eigenvalue weighted by atomic mass is 19.1. The molecular weight excluding hydrogens is 392 g/mol. The van der Waals surface area contributed by atoms with Gasteiger partial charge in [0.05, 0.1) is 11.2 Å². The Bertz CT molecular complexity index is 1320. The van der Waals surface area contributed by atoms with Gasteiger partial charge in [-0.3, -0.25) is 5.10 Å². The summed E-state index contributed by atoms with van der Waals surface area (Å²) in [5.41, 5.74) is 1.30. The predicted molar refractivity (Wildman–Crippen MR) is 106 cm³/mol. The molecule has 0 aliphatic carbocycles. The number of fused-ring (bicyclic) bond motifs is 1. The number of aromatic amines is 2. The standard InChI is InChI=1S/C20H15F2N7O/c1-3-4-11-6-16(29-28-11)27-19-13(8-23)20(25-9-24-19)30-15-7-14(21)18-12(17(15)22)5-10(2)26-18/h3-7,9,26H,1-2H3,(H2,24,25,27,28,29)/b4-3+. The number of nitrogens with one attached hydrogen (secondary N) is 3. The van der Waals surface area contributed by atoms with Gasteiger partial charge in [0, 0.05) is 23.2 Å². The second kappa shape index (κ2) is 7.63. The van der Waals surface area contributed by atoms with Gasteiger partial charge >= 0.3 is 0 Å². The number of H-pyrrole nitrogens is 2. The molecule has 0 spiro atoms.